The van der Waals surface area contributed by atoms with Gasteiger partial charge in [-0.05, 0) is 36.1 Å². The van der Waals surface area contributed by atoms with Crippen molar-refractivity contribution >= 4 is 33.6 Å². The Labute approximate surface area is 181 Å². The fraction of sp³-hybridized carbons (Fsp3) is 0.231. The highest BCUT2D eigenvalue weighted by molar-refractivity contribution is 6.00. The van der Waals surface area contributed by atoms with Gasteiger partial charge in [-0.25, -0.2) is 0 Å². The van der Waals surface area contributed by atoms with Crippen molar-refractivity contribution in [2.45, 2.75) is 38.8 Å². The van der Waals surface area contributed by atoms with Gasteiger partial charge < -0.3 is 9.13 Å². The van der Waals surface area contributed by atoms with Crippen LogP contribution in [0.15, 0.2) is 73.1 Å². The average molecular weight is 412 g/mol. The van der Waals surface area contributed by atoms with Crippen LogP contribution >= 0.6 is 0 Å². The largest absolute Gasteiger partial charge is 0.347 e. The smallest absolute Gasteiger partial charge is 0.231 e. The van der Waals surface area contributed by atoms with Gasteiger partial charge in [0.1, 0.15) is 0 Å². The van der Waals surface area contributed by atoms with Crippen molar-refractivity contribution in [2.75, 3.05) is 0 Å². The normalized spacial score (nSPS) is 16.9. The van der Waals surface area contributed by atoms with Gasteiger partial charge in [0, 0.05) is 47.3 Å². The molecular formula is C26H25N3O2. The zero-order valence-electron chi connectivity index (χ0n) is 17.4. The summed E-state index contributed by atoms with van der Waals surface area (Å²) in [5.41, 5.74) is 4.14. The van der Waals surface area contributed by atoms with Crippen molar-refractivity contribution in [3.8, 4) is 0 Å². The number of aryl methyl sites for hydroxylation is 2. The van der Waals surface area contributed by atoms with Crippen molar-refractivity contribution in [3.05, 3.63) is 84.2 Å². The molecule has 1 N–H and O–H groups in total. The van der Waals surface area contributed by atoms with Crippen LogP contribution in [0.3, 0.4) is 0 Å². The fourth-order valence-corrected chi connectivity index (χ4v) is 4.55. The first-order valence-electron chi connectivity index (χ1n) is 10.8. The molecule has 31 heavy (non-hydrogen) atoms. The van der Waals surface area contributed by atoms with Crippen LogP contribution in [0.4, 0.5) is 0 Å². The predicted molar refractivity (Wildman–Crippen MR) is 123 cm³/mol. The second-order valence-corrected chi connectivity index (χ2v) is 8.10. The minimum absolute atomic E-state index is 0.191. The monoisotopic (exact) mass is 411 g/mol. The number of aromatic nitrogens is 2. The number of rotatable bonds is 0. The van der Waals surface area contributed by atoms with Crippen LogP contribution in [0.2, 0.25) is 0 Å². The van der Waals surface area contributed by atoms with Crippen molar-refractivity contribution in [1.82, 2.24) is 14.5 Å². The predicted octanol–water partition coefficient (Wildman–Crippen LogP) is 4.37. The van der Waals surface area contributed by atoms with Crippen LogP contribution < -0.4 is 5.32 Å². The van der Waals surface area contributed by atoms with Gasteiger partial charge in [-0.3, -0.25) is 14.9 Å². The summed E-state index contributed by atoms with van der Waals surface area (Å²) in [6, 6.07) is 16.3. The van der Waals surface area contributed by atoms with E-state index in [2.05, 4.69) is 38.7 Å². The first-order chi connectivity index (χ1) is 15.2. The lowest BCUT2D eigenvalue weighted by Crippen LogP contribution is -2.32. The third-order valence-electron chi connectivity index (χ3n) is 5.96. The number of hydrogen-bond acceptors (Lipinski definition) is 2. The molecule has 0 saturated carbocycles. The lowest BCUT2D eigenvalue weighted by molar-refractivity contribution is -0.129. The average Bonchev–Trinajstić information content (AvgIpc) is 3.29. The minimum atomic E-state index is -0.263. The summed E-state index contributed by atoms with van der Waals surface area (Å²) in [4.78, 5) is 25.3. The van der Waals surface area contributed by atoms with E-state index in [1.165, 1.54) is 0 Å². The molecule has 2 amide bonds. The zero-order valence-corrected chi connectivity index (χ0v) is 17.4. The van der Waals surface area contributed by atoms with E-state index in [1.807, 2.05) is 48.8 Å². The number of carbonyl (C=O) groups excluding carboxylic acids is 2. The van der Waals surface area contributed by atoms with Gasteiger partial charge in [0.25, 0.3) is 0 Å². The molecule has 156 valence electrons. The number of nitrogens with zero attached hydrogens (tertiary/aromatic N) is 2. The molecule has 5 rings (SSSR count). The van der Waals surface area contributed by atoms with Crippen molar-refractivity contribution < 1.29 is 9.59 Å². The number of fused-ring (bicyclic) bond motifs is 10. The quantitative estimate of drug-likeness (QED) is 0.345. The van der Waals surface area contributed by atoms with E-state index in [0.717, 1.165) is 58.9 Å². The number of benzene rings is 2. The summed E-state index contributed by atoms with van der Waals surface area (Å²) in [5.74, 6) is -0.526. The Morgan fingerprint density at radius 1 is 0.645 bits per heavy atom. The lowest BCUT2D eigenvalue weighted by atomic mass is 10.1. The molecule has 3 heterocycles. The van der Waals surface area contributed by atoms with Crippen molar-refractivity contribution in [2.24, 2.45) is 0 Å². The van der Waals surface area contributed by atoms with E-state index in [4.69, 9.17) is 0 Å². The van der Waals surface area contributed by atoms with Crippen LogP contribution in [0.25, 0.3) is 21.8 Å². The molecule has 1 aliphatic rings. The molecule has 1 aliphatic heterocycles. The SMILES string of the molecule is O=C1Cc2cn(c3ccccc23)CC/C=C/CCn2cc(c3ccccc32)CC(=O)N1. The molecule has 0 fully saturated rings. The maximum Gasteiger partial charge on any atom is 0.231 e. The Morgan fingerprint density at radius 3 is 1.58 bits per heavy atom. The van der Waals surface area contributed by atoms with Crippen LogP contribution in [-0.4, -0.2) is 20.9 Å². The van der Waals surface area contributed by atoms with Crippen LogP contribution in [0.5, 0.6) is 0 Å². The number of carbonyl (C=O) groups is 2. The molecule has 5 nitrogen and oxygen atoms in total. The van der Waals surface area contributed by atoms with Gasteiger partial charge in [-0.15, -0.1) is 0 Å². The summed E-state index contributed by atoms with van der Waals surface area (Å²) in [6.45, 7) is 1.71. The highest BCUT2D eigenvalue weighted by Crippen LogP contribution is 2.24. The molecule has 4 aromatic rings. The summed E-state index contributed by atoms with van der Waals surface area (Å²) in [5, 5.41) is 4.73. The minimum Gasteiger partial charge on any atom is -0.347 e. The number of nitrogens with one attached hydrogen (secondary N) is 1. The second kappa shape index (κ2) is 8.26. The van der Waals surface area contributed by atoms with Gasteiger partial charge in [0.2, 0.25) is 11.8 Å². The summed E-state index contributed by atoms with van der Waals surface area (Å²) < 4.78 is 4.40. The highest BCUT2D eigenvalue weighted by Gasteiger charge is 2.16. The van der Waals surface area contributed by atoms with Gasteiger partial charge in [0.05, 0.1) is 12.8 Å². The molecule has 0 spiro atoms. The molecule has 5 heteroatoms. The molecule has 2 aromatic heterocycles. The number of hydrogen-bond donors (Lipinski definition) is 1. The first-order valence-corrected chi connectivity index (χ1v) is 10.8. The maximum absolute atomic E-state index is 12.7. The van der Waals surface area contributed by atoms with E-state index in [9.17, 15) is 9.59 Å². The summed E-state index contributed by atoms with van der Waals surface area (Å²) in [7, 11) is 0. The third-order valence-corrected chi connectivity index (χ3v) is 5.96. The number of amides is 2. The number of imide groups is 1. The summed E-state index contributed by atoms with van der Waals surface area (Å²) >= 11 is 0. The van der Waals surface area contributed by atoms with Gasteiger partial charge in [-0.2, -0.15) is 0 Å². The number of para-hydroxylation sites is 2. The van der Waals surface area contributed by atoms with Crippen LogP contribution in [0.1, 0.15) is 24.0 Å². The molecular weight excluding hydrogens is 386 g/mol. The summed E-state index contributed by atoms with van der Waals surface area (Å²) in [6.07, 6.45) is 10.8. The lowest BCUT2D eigenvalue weighted by Gasteiger charge is -2.04. The molecule has 0 aliphatic carbocycles. The zero-order chi connectivity index (χ0) is 21.2. The number of allylic oxidation sites excluding steroid dienone is 2. The van der Waals surface area contributed by atoms with Gasteiger partial charge in [0.15, 0.2) is 0 Å². The van der Waals surface area contributed by atoms with E-state index in [-0.39, 0.29) is 24.7 Å². The molecule has 0 atom stereocenters. The Balaban J connectivity index is 1.48. The molecule has 0 radical (unpaired) electrons. The van der Waals surface area contributed by atoms with Crippen LogP contribution in [-0.2, 0) is 35.5 Å². The molecule has 0 unspecified atom stereocenters. The Kier molecular flexibility index (Phi) is 5.16. The fourth-order valence-electron chi connectivity index (χ4n) is 4.55. The Hall–Kier alpha value is -3.60. The second-order valence-electron chi connectivity index (χ2n) is 8.10. The molecule has 0 saturated heterocycles. The third kappa shape index (κ3) is 3.91. The van der Waals surface area contributed by atoms with E-state index < -0.39 is 0 Å². The molecule has 4 bridgehead atoms. The topological polar surface area (TPSA) is 56.0 Å². The van der Waals surface area contributed by atoms with E-state index >= 15 is 0 Å². The van der Waals surface area contributed by atoms with E-state index in [1.54, 1.807) is 0 Å². The maximum atomic E-state index is 12.7. The molecule has 2 aromatic carbocycles. The van der Waals surface area contributed by atoms with Gasteiger partial charge in [-0.1, -0.05) is 48.6 Å². The standard InChI is InChI=1S/C26H25N3O2/c30-25-15-19-17-28(23-11-5-3-9-21(19)23)13-7-1-2-8-14-29-18-20(16-26(31)27-25)22-10-4-6-12-24(22)29/h1-6,9-12,17-18H,7-8,13-16H2,(H,27,30,31)/b2-1+. The van der Waals surface area contributed by atoms with E-state index in [0.29, 0.717) is 0 Å². The Bertz CT molecular complexity index is 1210. The van der Waals surface area contributed by atoms with Gasteiger partial charge >= 0.3 is 0 Å². The first kappa shape index (κ1) is 19.4. The Morgan fingerprint density at radius 2 is 1.10 bits per heavy atom. The highest BCUT2D eigenvalue weighted by atomic mass is 16.2. The van der Waals surface area contributed by atoms with Crippen molar-refractivity contribution in [3.63, 3.8) is 0 Å². The van der Waals surface area contributed by atoms with Crippen molar-refractivity contribution in [1.29, 1.82) is 0 Å². The van der Waals surface area contributed by atoms with Crippen LogP contribution in [0, 0.1) is 0 Å².